The quantitative estimate of drug-likeness (QED) is 0.538. The Bertz CT molecular complexity index is 835. The minimum atomic E-state index is -0.491. The highest BCUT2D eigenvalue weighted by Crippen LogP contribution is 2.11. The first-order valence-electron chi connectivity index (χ1n) is 8.58. The van der Waals surface area contributed by atoms with Crippen LogP contribution in [0.1, 0.15) is 42.1 Å². The van der Waals surface area contributed by atoms with Crippen molar-refractivity contribution in [1.29, 1.82) is 0 Å². The number of hydrogen-bond donors (Lipinski definition) is 3. The fourth-order valence-corrected chi connectivity index (χ4v) is 2.22. The van der Waals surface area contributed by atoms with E-state index in [-0.39, 0.29) is 11.8 Å². The molecule has 1 heterocycles. The highest BCUT2D eigenvalue weighted by atomic mass is 16.3. The molecule has 0 saturated carbocycles. The largest absolute Gasteiger partial charge is 0.462 e. The molecule has 7 nitrogen and oxygen atoms in total. The zero-order valence-corrected chi connectivity index (χ0v) is 15.5. The monoisotopic (exact) mass is 369 g/mol. The molecular formula is C20H23N3O4. The number of hydrogen-bond acceptors (Lipinski definition) is 4. The van der Waals surface area contributed by atoms with E-state index in [0.29, 0.717) is 23.4 Å². The Labute approximate surface area is 157 Å². The molecule has 0 aliphatic heterocycles. The molecule has 2 aromatic rings. The second-order valence-electron chi connectivity index (χ2n) is 6.45. The van der Waals surface area contributed by atoms with Crippen LogP contribution in [0.25, 0.3) is 6.08 Å². The smallest absolute Gasteiger partial charge is 0.269 e. The second kappa shape index (κ2) is 9.38. The van der Waals surface area contributed by atoms with E-state index < -0.39 is 11.8 Å². The number of anilines is 1. The van der Waals surface area contributed by atoms with Gasteiger partial charge in [0, 0.05) is 23.7 Å². The van der Waals surface area contributed by atoms with Gasteiger partial charge in [-0.3, -0.25) is 25.2 Å². The summed E-state index contributed by atoms with van der Waals surface area (Å²) in [6.45, 7) is 5.73. The molecule has 27 heavy (non-hydrogen) atoms. The SMILES string of the molecule is Cc1ccc(/C=C/C(=O)NNC(=O)c2ccc(NC(=O)CC(C)C)cc2)o1. The summed E-state index contributed by atoms with van der Waals surface area (Å²) >= 11 is 0. The molecule has 0 aliphatic carbocycles. The maximum Gasteiger partial charge on any atom is 0.269 e. The van der Waals surface area contributed by atoms with Crippen molar-refractivity contribution in [3.05, 3.63) is 59.6 Å². The van der Waals surface area contributed by atoms with Gasteiger partial charge in [0.2, 0.25) is 5.91 Å². The third-order valence-electron chi connectivity index (χ3n) is 3.48. The van der Waals surface area contributed by atoms with E-state index in [1.807, 2.05) is 13.8 Å². The molecule has 7 heteroatoms. The number of amides is 3. The molecule has 142 valence electrons. The van der Waals surface area contributed by atoms with E-state index >= 15 is 0 Å². The van der Waals surface area contributed by atoms with Crippen LogP contribution in [-0.2, 0) is 9.59 Å². The van der Waals surface area contributed by atoms with Crippen molar-refractivity contribution in [2.24, 2.45) is 5.92 Å². The van der Waals surface area contributed by atoms with Crippen molar-refractivity contribution in [2.75, 3.05) is 5.32 Å². The van der Waals surface area contributed by atoms with Crippen molar-refractivity contribution in [3.8, 4) is 0 Å². The standard InChI is InChI=1S/C20H23N3O4/c1-13(2)12-19(25)21-16-7-5-15(6-8-16)20(26)23-22-18(24)11-10-17-9-4-14(3)27-17/h4-11,13H,12H2,1-3H3,(H,21,25)(H,22,24)(H,23,26)/b11-10+. The lowest BCUT2D eigenvalue weighted by Gasteiger charge is -2.08. The molecule has 0 saturated heterocycles. The molecule has 0 atom stereocenters. The number of hydrazine groups is 1. The van der Waals surface area contributed by atoms with Gasteiger partial charge in [-0.25, -0.2) is 0 Å². The summed E-state index contributed by atoms with van der Waals surface area (Å²) in [4.78, 5) is 35.5. The number of aryl methyl sites for hydroxylation is 1. The normalized spacial score (nSPS) is 10.8. The fraction of sp³-hybridized carbons (Fsp3) is 0.250. The van der Waals surface area contributed by atoms with Crippen LogP contribution in [0.5, 0.6) is 0 Å². The molecule has 1 aromatic heterocycles. The van der Waals surface area contributed by atoms with Crippen LogP contribution in [-0.4, -0.2) is 17.7 Å². The molecule has 0 spiro atoms. The molecule has 2 rings (SSSR count). The van der Waals surface area contributed by atoms with Crippen molar-refractivity contribution in [2.45, 2.75) is 27.2 Å². The molecule has 0 aliphatic rings. The third-order valence-corrected chi connectivity index (χ3v) is 3.48. The van der Waals surface area contributed by atoms with Gasteiger partial charge in [-0.15, -0.1) is 0 Å². The summed E-state index contributed by atoms with van der Waals surface area (Å²) in [6.07, 6.45) is 3.19. The summed E-state index contributed by atoms with van der Waals surface area (Å²) in [7, 11) is 0. The molecule has 1 aromatic carbocycles. The Morgan fingerprint density at radius 2 is 1.74 bits per heavy atom. The maximum absolute atomic E-state index is 12.0. The van der Waals surface area contributed by atoms with E-state index in [0.717, 1.165) is 5.76 Å². The summed E-state index contributed by atoms with van der Waals surface area (Å²) in [5.41, 5.74) is 5.57. The van der Waals surface area contributed by atoms with Crippen LogP contribution in [0.15, 0.2) is 46.9 Å². The van der Waals surface area contributed by atoms with Crippen LogP contribution in [0.3, 0.4) is 0 Å². The van der Waals surface area contributed by atoms with Gasteiger partial charge in [-0.2, -0.15) is 0 Å². The Hall–Kier alpha value is -3.35. The Balaban J connectivity index is 1.82. The van der Waals surface area contributed by atoms with Crippen LogP contribution in [0.2, 0.25) is 0 Å². The zero-order chi connectivity index (χ0) is 19.8. The lowest BCUT2D eigenvalue weighted by Crippen LogP contribution is -2.40. The average molecular weight is 369 g/mol. The fourth-order valence-electron chi connectivity index (χ4n) is 2.22. The number of benzene rings is 1. The summed E-state index contributed by atoms with van der Waals surface area (Å²) in [5.74, 6) is 0.523. The first-order valence-corrected chi connectivity index (χ1v) is 8.58. The average Bonchev–Trinajstić information content (AvgIpc) is 3.03. The molecule has 3 N–H and O–H groups in total. The highest BCUT2D eigenvalue weighted by Gasteiger charge is 2.08. The van der Waals surface area contributed by atoms with Crippen molar-refractivity contribution in [1.82, 2.24) is 10.9 Å². The van der Waals surface area contributed by atoms with Crippen molar-refractivity contribution < 1.29 is 18.8 Å². The van der Waals surface area contributed by atoms with Gasteiger partial charge in [-0.1, -0.05) is 13.8 Å². The van der Waals surface area contributed by atoms with E-state index in [9.17, 15) is 14.4 Å². The Kier molecular flexibility index (Phi) is 6.93. The lowest BCUT2D eigenvalue weighted by atomic mass is 10.1. The van der Waals surface area contributed by atoms with Crippen LogP contribution in [0.4, 0.5) is 5.69 Å². The van der Waals surface area contributed by atoms with Gasteiger partial charge >= 0.3 is 0 Å². The van der Waals surface area contributed by atoms with Crippen LogP contribution < -0.4 is 16.2 Å². The molecule has 0 unspecified atom stereocenters. The third kappa shape index (κ3) is 6.81. The predicted octanol–water partition coefficient (Wildman–Crippen LogP) is 3.05. The molecule has 3 amide bonds. The van der Waals surface area contributed by atoms with E-state index in [1.165, 1.54) is 12.2 Å². The lowest BCUT2D eigenvalue weighted by molar-refractivity contribution is -0.117. The van der Waals surface area contributed by atoms with E-state index in [4.69, 9.17) is 4.42 Å². The van der Waals surface area contributed by atoms with Crippen molar-refractivity contribution >= 4 is 29.5 Å². The van der Waals surface area contributed by atoms with Gasteiger partial charge in [0.15, 0.2) is 0 Å². The Morgan fingerprint density at radius 3 is 2.33 bits per heavy atom. The zero-order valence-electron chi connectivity index (χ0n) is 15.5. The van der Waals surface area contributed by atoms with Gasteiger partial charge in [0.25, 0.3) is 11.8 Å². The van der Waals surface area contributed by atoms with Crippen molar-refractivity contribution in [3.63, 3.8) is 0 Å². The second-order valence-corrected chi connectivity index (χ2v) is 6.45. The number of carbonyl (C=O) groups excluding carboxylic acids is 3. The summed E-state index contributed by atoms with van der Waals surface area (Å²) < 4.78 is 5.30. The Morgan fingerprint density at radius 1 is 1.04 bits per heavy atom. The molecule has 0 radical (unpaired) electrons. The van der Waals surface area contributed by atoms with Crippen LogP contribution >= 0.6 is 0 Å². The topological polar surface area (TPSA) is 100 Å². The number of furan rings is 1. The van der Waals surface area contributed by atoms with Gasteiger partial charge in [0.05, 0.1) is 0 Å². The summed E-state index contributed by atoms with van der Waals surface area (Å²) in [5, 5.41) is 2.77. The number of nitrogens with one attached hydrogen (secondary N) is 3. The minimum Gasteiger partial charge on any atom is -0.462 e. The number of carbonyl (C=O) groups is 3. The van der Waals surface area contributed by atoms with Gasteiger partial charge in [0.1, 0.15) is 11.5 Å². The molecular weight excluding hydrogens is 346 g/mol. The van der Waals surface area contributed by atoms with Crippen LogP contribution in [0, 0.1) is 12.8 Å². The van der Waals surface area contributed by atoms with E-state index in [2.05, 4.69) is 16.2 Å². The maximum atomic E-state index is 12.0. The van der Waals surface area contributed by atoms with Gasteiger partial charge < -0.3 is 9.73 Å². The first kappa shape index (κ1) is 20.0. The summed E-state index contributed by atoms with van der Waals surface area (Å²) in [6, 6.07) is 9.91. The predicted molar refractivity (Wildman–Crippen MR) is 103 cm³/mol. The first-order chi connectivity index (χ1) is 12.8. The molecule has 0 fully saturated rings. The highest BCUT2D eigenvalue weighted by molar-refractivity contribution is 5.98. The van der Waals surface area contributed by atoms with Gasteiger partial charge in [-0.05, 0) is 55.3 Å². The number of rotatable bonds is 6. The van der Waals surface area contributed by atoms with E-state index in [1.54, 1.807) is 43.3 Å². The minimum absolute atomic E-state index is 0.0759. The molecule has 0 bridgehead atoms.